The lowest BCUT2D eigenvalue weighted by Gasteiger charge is -2.53. The van der Waals surface area contributed by atoms with Gasteiger partial charge in [0.25, 0.3) is 0 Å². The van der Waals surface area contributed by atoms with Gasteiger partial charge in [-0.25, -0.2) is 0 Å². The molecule has 0 heteroatoms. The fourth-order valence-corrected chi connectivity index (χ4v) is 9.20. The third-order valence-electron chi connectivity index (χ3n) is 13.4. The largest absolute Gasteiger partial charge is 0.0654 e. The minimum absolute atomic E-state index is 0.445. The average molecular weight is 579 g/mol. The second-order valence-corrected chi connectivity index (χ2v) is 17.3. The molecule has 42 heavy (non-hydrogen) atoms. The van der Waals surface area contributed by atoms with Crippen molar-refractivity contribution in [2.75, 3.05) is 0 Å². The fraction of sp³-hybridized carbons (Fsp3) is 0.857. The van der Waals surface area contributed by atoms with Gasteiger partial charge in [0.05, 0.1) is 0 Å². The van der Waals surface area contributed by atoms with Crippen LogP contribution in [0.1, 0.15) is 194 Å². The van der Waals surface area contributed by atoms with E-state index >= 15 is 0 Å². The lowest BCUT2D eigenvalue weighted by Crippen LogP contribution is -2.45. The second-order valence-electron chi connectivity index (χ2n) is 17.3. The minimum Gasteiger partial charge on any atom is -0.0654 e. The smallest absolute Gasteiger partial charge is 0.0125 e. The molecule has 0 N–H and O–H groups in total. The van der Waals surface area contributed by atoms with E-state index in [-0.39, 0.29) is 0 Å². The molecule has 0 aromatic heterocycles. The van der Waals surface area contributed by atoms with Gasteiger partial charge in [0.1, 0.15) is 0 Å². The summed E-state index contributed by atoms with van der Waals surface area (Å²) in [5, 5.41) is 0. The predicted octanol–water partition coefficient (Wildman–Crippen LogP) is 13.9. The highest BCUT2D eigenvalue weighted by molar-refractivity contribution is 5.38. The van der Waals surface area contributed by atoms with Crippen LogP contribution < -0.4 is 0 Å². The number of benzene rings is 1. The molecule has 4 rings (SSSR count). The summed E-state index contributed by atoms with van der Waals surface area (Å²) in [7, 11) is 0. The molecule has 0 aliphatic heterocycles. The average Bonchev–Trinajstić information content (AvgIpc) is 3.23. The first-order chi connectivity index (χ1) is 19.9. The fourth-order valence-electron chi connectivity index (χ4n) is 9.20. The molecule has 0 radical (unpaired) electrons. The van der Waals surface area contributed by atoms with Gasteiger partial charge in [-0.3, -0.25) is 0 Å². The van der Waals surface area contributed by atoms with Crippen molar-refractivity contribution in [1.29, 1.82) is 0 Å². The Morgan fingerprint density at radius 3 is 2.05 bits per heavy atom. The predicted molar refractivity (Wildman–Crippen MR) is 188 cm³/mol. The van der Waals surface area contributed by atoms with Crippen LogP contribution in [0.5, 0.6) is 0 Å². The summed E-state index contributed by atoms with van der Waals surface area (Å²) in [5.41, 5.74) is 6.49. The van der Waals surface area contributed by atoms with Gasteiger partial charge in [0.2, 0.25) is 0 Å². The number of hydrogen-bond donors (Lipinski definition) is 0. The zero-order valence-electron chi connectivity index (χ0n) is 30.3. The van der Waals surface area contributed by atoms with Crippen LogP contribution in [-0.4, -0.2) is 0 Å². The maximum Gasteiger partial charge on any atom is -0.0125 e. The van der Waals surface area contributed by atoms with Crippen LogP contribution in [0.3, 0.4) is 0 Å². The van der Waals surface area contributed by atoms with Crippen molar-refractivity contribution in [3.8, 4) is 0 Å². The molecule has 0 amide bonds. The Morgan fingerprint density at radius 2 is 1.40 bits per heavy atom. The van der Waals surface area contributed by atoms with Crippen LogP contribution in [0.4, 0.5) is 0 Å². The van der Waals surface area contributed by atoms with E-state index in [2.05, 4.69) is 87.4 Å². The van der Waals surface area contributed by atoms with Gasteiger partial charge in [-0.05, 0) is 109 Å². The first-order valence-corrected chi connectivity index (χ1v) is 18.9. The van der Waals surface area contributed by atoms with Gasteiger partial charge >= 0.3 is 0 Å². The molecule has 2 fully saturated rings. The number of hydrogen-bond acceptors (Lipinski definition) is 0. The molecule has 1 aromatic rings. The molecule has 242 valence electrons. The topological polar surface area (TPSA) is 0 Å². The Bertz CT molecular complexity index is 914. The van der Waals surface area contributed by atoms with Crippen LogP contribution in [0.25, 0.3) is 0 Å². The first-order valence-electron chi connectivity index (χ1n) is 18.9. The van der Waals surface area contributed by atoms with Gasteiger partial charge in [-0.15, -0.1) is 0 Å². The molecule has 0 spiro atoms. The van der Waals surface area contributed by atoms with Crippen molar-refractivity contribution >= 4 is 0 Å². The molecule has 0 bridgehead atoms. The number of rotatable bonds is 13. The third-order valence-corrected chi connectivity index (χ3v) is 13.4. The molecule has 3 aliphatic rings. The van der Waals surface area contributed by atoms with E-state index in [1.54, 1.807) is 11.1 Å². The Hall–Kier alpha value is -0.780. The standard InChI is InChI=1S/C30H48.C12H26/c1-5-6-7-8-9-10-11-12-13-24-21-25-20-22(2)14-16-26(25)27-18-19-30(4)23(3)15-17-28(30)29(24)27;1-7-8-9-10-12(5,6)11(2,3)4/h14,16,20,23-24,27-29H,5-13,15,17-19,21H2,1-4H3;7-10H2,1-6H3/t23?,24-,27?,28?,29?,30?;/m1./s1. The van der Waals surface area contributed by atoms with E-state index in [9.17, 15) is 0 Å². The van der Waals surface area contributed by atoms with Crippen LogP contribution >= 0.6 is 0 Å². The zero-order valence-corrected chi connectivity index (χ0v) is 30.3. The molecule has 6 atom stereocenters. The third kappa shape index (κ3) is 8.90. The van der Waals surface area contributed by atoms with Crippen molar-refractivity contribution < 1.29 is 0 Å². The molecule has 0 nitrogen and oxygen atoms in total. The van der Waals surface area contributed by atoms with E-state index in [1.165, 1.54) is 121 Å². The first kappa shape index (κ1) is 35.7. The monoisotopic (exact) mass is 579 g/mol. The van der Waals surface area contributed by atoms with Gasteiger partial charge in [-0.1, -0.05) is 157 Å². The van der Waals surface area contributed by atoms with Gasteiger partial charge < -0.3 is 0 Å². The number of aryl methyl sites for hydroxylation is 1. The number of unbranched alkanes of at least 4 members (excludes halogenated alkanes) is 9. The van der Waals surface area contributed by atoms with Crippen molar-refractivity contribution in [1.82, 2.24) is 0 Å². The molecule has 0 heterocycles. The maximum atomic E-state index is 2.67. The van der Waals surface area contributed by atoms with Crippen LogP contribution in [0.15, 0.2) is 18.2 Å². The Morgan fingerprint density at radius 1 is 0.786 bits per heavy atom. The Kier molecular flexibility index (Phi) is 13.6. The summed E-state index contributed by atoms with van der Waals surface area (Å²) in [4.78, 5) is 0. The normalized spacial score (nSPS) is 28.9. The molecular formula is C42H74. The number of fused-ring (bicyclic) bond motifs is 5. The summed E-state index contributed by atoms with van der Waals surface area (Å²) < 4.78 is 0. The van der Waals surface area contributed by atoms with Crippen LogP contribution in [0, 0.1) is 46.8 Å². The van der Waals surface area contributed by atoms with Crippen molar-refractivity contribution in [3.63, 3.8) is 0 Å². The van der Waals surface area contributed by atoms with Crippen molar-refractivity contribution in [2.45, 2.75) is 191 Å². The summed E-state index contributed by atoms with van der Waals surface area (Å²) in [6, 6.07) is 7.45. The van der Waals surface area contributed by atoms with E-state index < -0.39 is 0 Å². The van der Waals surface area contributed by atoms with E-state index in [4.69, 9.17) is 0 Å². The molecular weight excluding hydrogens is 504 g/mol. The molecule has 3 aliphatic carbocycles. The highest BCUT2D eigenvalue weighted by atomic mass is 14.6. The van der Waals surface area contributed by atoms with E-state index in [1.807, 2.05) is 0 Å². The highest BCUT2D eigenvalue weighted by Gasteiger charge is 2.55. The highest BCUT2D eigenvalue weighted by Crippen LogP contribution is 2.64. The van der Waals surface area contributed by atoms with Crippen LogP contribution in [-0.2, 0) is 6.42 Å². The summed E-state index contributed by atoms with van der Waals surface area (Å²) in [6.45, 7) is 23.9. The quantitative estimate of drug-likeness (QED) is 0.204. The molecule has 2 saturated carbocycles. The lowest BCUT2D eigenvalue weighted by molar-refractivity contribution is 0.00273. The SMILES string of the molecule is CCCCCC(C)(C)C(C)(C)C.CCCCCCCCCC[C@@H]1Cc2cc(C)ccc2C2CCC3(C)C(C)CCC3C21. The Labute approximate surface area is 265 Å². The van der Waals surface area contributed by atoms with E-state index in [0.29, 0.717) is 16.2 Å². The van der Waals surface area contributed by atoms with E-state index in [0.717, 1.165) is 29.6 Å². The minimum atomic E-state index is 0.445. The van der Waals surface area contributed by atoms with Crippen molar-refractivity contribution in [3.05, 3.63) is 34.9 Å². The summed E-state index contributed by atoms with van der Waals surface area (Å²) in [6.07, 6.45) is 25.9. The Balaban J connectivity index is 0.000000343. The molecule has 1 aromatic carbocycles. The van der Waals surface area contributed by atoms with Gasteiger partial charge in [0, 0.05) is 0 Å². The maximum absolute atomic E-state index is 2.67. The molecule has 0 saturated heterocycles. The lowest BCUT2D eigenvalue weighted by atomic mass is 9.51. The zero-order chi connectivity index (χ0) is 31.0. The van der Waals surface area contributed by atoms with Gasteiger partial charge in [-0.2, -0.15) is 0 Å². The summed E-state index contributed by atoms with van der Waals surface area (Å²) >= 11 is 0. The van der Waals surface area contributed by atoms with Gasteiger partial charge in [0.15, 0.2) is 0 Å². The second kappa shape index (κ2) is 16.0. The van der Waals surface area contributed by atoms with Crippen LogP contribution in [0.2, 0.25) is 0 Å². The summed E-state index contributed by atoms with van der Waals surface area (Å²) in [5.74, 6) is 4.69. The molecule has 5 unspecified atom stereocenters. The van der Waals surface area contributed by atoms with Crippen molar-refractivity contribution in [2.24, 2.45) is 39.9 Å².